The molecule has 108 valence electrons. The fourth-order valence-corrected chi connectivity index (χ4v) is 2.18. The lowest BCUT2D eigenvalue weighted by molar-refractivity contribution is -0.135. The van der Waals surface area contributed by atoms with Crippen molar-refractivity contribution in [1.82, 2.24) is 10.2 Å². The van der Waals surface area contributed by atoms with Crippen LogP contribution < -0.4 is 14.8 Å². The first-order valence-electron chi connectivity index (χ1n) is 6.38. The van der Waals surface area contributed by atoms with Gasteiger partial charge in [-0.05, 0) is 24.1 Å². The van der Waals surface area contributed by atoms with Crippen LogP contribution in [0.2, 0.25) is 0 Å². The second kappa shape index (κ2) is 6.38. The van der Waals surface area contributed by atoms with Gasteiger partial charge in [0.25, 0.3) is 0 Å². The smallest absolute Gasteiger partial charge is 0.240 e. The van der Waals surface area contributed by atoms with Gasteiger partial charge in [-0.3, -0.25) is 19.8 Å². The van der Waals surface area contributed by atoms with E-state index < -0.39 is 0 Å². The molecule has 1 N–H and O–H groups in total. The first-order chi connectivity index (χ1) is 9.62. The molecule has 6 heteroatoms. The van der Waals surface area contributed by atoms with Crippen LogP contribution in [-0.4, -0.2) is 50.6 Å². The minimum Gasteiger partial charge on any atom is -0.493 e. The number of hydrogen-bond donors (Lipinski definition) is 1. The first kappa shape index (κ1) is 14.3. The summed E-state index contributed by atoms with van der Waals surface area (Å²) in [7, 11) is 3.19. The Hall–Kier alpha value is -2.08. The highest BCUT2D eigenvalue weighted by Gasteiger charge is 2.21. The average molecular weight is 278 g/mol. The number of nitrogens with zero attached hydrogens (tertiary/aromatic N) is 1. The lowest BCUT2D eigenvalue weighted by Gasteiger charge is -2.25. The molecule has 0 bridgehead atoms. The van der Waals surface area contributed by atoms with Crippen LogP contribution in [0, 0.1) is 0 Å². The zero-order chi connectivity index (χ0) is 14.5. The van der Waals surface area contributed by atoms with E-state index in [0.29, 0.717) is 18.0 Å². The summed E-state index contributed by atoms with van der Waals surface area (Å²) in [5, 5.41) is 2.28. The maximum atomic E-state index is 11.3. The largest absolute Gasteiger partial charge is 0.493 e. The number of piperazine rings is 1. The van der Waals surface area contributed by atoms with E-state index in [1.54, 1.807) is 14.2 Å². The molecule has 2 rings (SSSR count). The molecule has 0 aliphatic carbocycles. The number of imide groups is 1. The number of methoxy groups -OCH3 is 2. The van der Waals surface area contributed by atoms with E-state index in [9.17, 15) is 9.59 Å². The van der Waals surface area contributed by atoms with Crippen LogP contribution in [0.5, 0.6) is 11.5 Å². The zero-order valence-electron chi connectivity index (χ0n) is 11.6. The van der Waals surface area contributed by atoms with Gasteiger partial charge in [-0.25, -0.2) is 0 Å². The van der Waals surface area contributed by atoms with E-state index in [4.69, 9.17) is 9.47 Å². The maximum absolute atomic E-state index is 11.3. The number of carbonyl (C=O) groups excluding carboxylic acids is 2. The monoisotopic (exact) mass is 278 g/mol. The number of benzene rings is 1. The van der Waals surface area contributed by atoms with Crippen molar-refractivity contribution in [2.75, 3.05) is 33.9 Å². The van der Waals surface area contributed by atoms with Crippen molar-refractivity contribution in [2.45, 2.75) is 6.42 Å². The molecule has 1 fully saturated rings. The van der Waals surface area contributed by atoms with E-state index in [-0.39, 0.29) is 24.9 Å². The molecule has 0 radical (unpaired) electrons. The van der Waals surface area contributed by atoms with Crippen molar-refractivity contribution in [3.8, 4) is 11.5 Å². The van der Waals surface area contributed by atoms with Gasteiger partial charge < -0.3 is 9.47 Å². The molecule has 1 aromatic carbocycles. The van der Waals surface area contributed by atoms with Crippen LogP contribution in [-0.2, 0) is 16.0 Å². The Morgan fingerprint density at radius 1 is 1.10 bits per heavy atom. The first-order valence-corrected chi connectivity index (χ1v) is 6.38. The van der Waals surface area contributed by atoms with Crippen molar-refractivity contribution in [1.29, 1.82) is 0 Å². The van der Waals surface area contributed by atoms with Gasteiger partial charge >= 0.3 is 0 Å². The molecule has 1 aliphatic heterocycles. The van der Waals surface area contributed by atoms with Gasteiger partial charge in [0.15, 0.2) is 11.5 Å². The van der Waals surface area contributed by atoms with E-state index in [1.807, 2.05) is 23.1 Å². The summed E-state index contributed by atoms with van der Waals surface area (Å²) in [6.07, 6.45) is 0.737. The lowest BCUT2D eigenvalue weighted by Crippen LogP contribution is -2.51. The van der Waals surface area contributed by atoms with Crippen molar-refractivity contribution in [3.63, 3.8) is 0 Å². The highest BCUT2D eigenvalue weighted by atomic mass is 16.5. The van der Waals surface area contributed by atoms with Gasteiger partial charge in [-0.2, -0.15) is 0 Å². The van der Waals surface area contributed by atoms with E-state index in [1.165, 1.54) is 0 Å². The summed E-state index contributed by atoms with van der Waals surface area (Å²) in [6, 6.07) is 5.71. The highest BCUT2D eigenvalue weighted by Crippen LogP contribution is 2.27. The Morgan fingerprint density at radius 3 is 2.35 bits per heavy atom. The summed E-state index contributed by atoms with van der Waals surface area (Å²) in [5.41, 5.74) is 1.07. The normalized spacial score (nSPS) is 15.9. The minimum atomic E-state index is -0.242. The molecule has 1 saturated heterocycles. The Morgan fingerprint density at radius 2 is 1.75 bits per heavy atom. The molecule has 2 amide bonds. The van der Waals surface area contributed by atoms with Gasteiger partial charge in [0, 0.05) is 6.54 Å². The Kier molecular flexibility index (Phi) is 4.57. The summed E-state index contributed by atoms with van der Waals surface area (Å²) in [6.45, 7) is 1.17. The van der Waals surface area contributed by atoms with Crippen LogP contribution in [0.25, 0.3) is 0 Å². The van der Waals surface area contributed by atoms with Crippen LogP contribution in [0.15, 0.2) is 18.2 Å². The molecule has 0 atom stereocenters. The fourth-order valence-electron chi connectivity index (χ4n) is 2.18. The maximum Gasteiger partial charge on any atom is 0.240 e. The predicted molar refractivity (Wildman–Crippen MR) is 72.8 cm³/mol. The molecule has 1 aliphatic rings. The second-order valence-electron chi connectivity index (χ2n) is 4.62. The molecule has 20 heavy (non-hydrogen) atoms. The quantitative estimate of drug-likeness (QED) is 0.780. The third-order valence-corrected chi connectivity index (χ3v) is 3.18. The Bertz CT molecular complexity index is 500. The third-order valence-electron chi connectivity index (χ3n) is 3.18. The molecule has 1 aromatic rings. The second-order valence-corrected chi connectivity index (χ2v) is 4.62. The standard InChI is InChI=1S/C14H18N2O4/c1-19-11-4-3-10(7-12(11)20-2)5-6-16-8-13(17)15-14(18)9-16/h3-4,7H,5-6,8-9H2,1-2H3,(H,15,17,18). The summed E-state index contributed by atoms with van der Waals surface area (Å²) in [5.74, 6) is 0.878. The molecule has 1 heterocycles. The van der Waals surface area contributed by atoms with Crippen molar-refractivity contribution in [2.24, 2.45) is 0 Å². The van der Waals surface area contributed by atoms with Gasteiger partial charge in [0.05, 0.1) is 27.3 Å². The van der Waals surface area contributed by atoms with Gasteiger partial charge in [0.2, 0.25) is 11.8 Å². The molecule has 6 nitrogen and oxygen atoms in total. The molecule has 0 unspecified atom stereocenters. The molecule has 0 saturated carbocycles. The number of ether oxygens (including phenoxy) is 2. The lowest BCUT2D eigenvalue weighted by atomic mass is 10.1. The zero-order valence-corrected chi connectivity index (χ0v) is 11.6. The van der Waals surface area contributed by atoms with Gasteiger partial charge in [-0.1, -0.05) is 6.07 Å². The fraction of sp³-hybridized carbons (Fsp3) is 0.429. The number of amides is 2. The van der Waals surface area contributed by atoms with Crippen LogP contribution in [0.3, 0.4) is 0 Å². The van der Waals surface area contributed by atoms with Crippen LogP contribution in [0.4, 0.5) is 0 Å². The SMILES string of the molecule is COc1ccc(CCN2CC(=O)NC(=O)C2)cc1OC. The average Bonchev–Trinajstić information content (AvgIpc) is 2.43. The van der Waals surface area contributed by atoms with Crippen LogP contribution >= 0.6 is 0 Å². The Balaban J connectivity index is 1.96. The molecular weight excluding hydrogens is 260 g/mol. The minimum absolute atomic E-state index is 0.242. The van der Waals surface area contributed by atoms with Gasteiger partial charge in [-0.15, -0.1) is 0 Å². The number of carbonyl (C=O) groups is 2. The molecule has 0 spiro atoms. The van der Waals surface area contributed by atoms with Crippen molar-refractivity contribution < 1.29 is 19.1 Å². The van der Waals surface area contributed by atoms with E-state index in [0.717, 1.165) is 12.0 Å². The van der Waals surface area contributed by atoms with E-state index >= 15 is 0 Å². The summed E-state index contributed by atoms with van der Waals surface area (Å²) in [4.78, 5) is 24.4. The van der Waals surface area contributed by atoms with Crippen molar-refractivity contribution in [3.05, 3.63) is 23.8 Å². The van der Waals surface area contributed by atoms with Gasteiger partial charge in [0.1, 0.15) is 0 Å². The summed E-state index contributed by atoms with van der Waals surface area (Å²) >= 11 is 0. The number of rotatable bonds is 5. The molecule has 0 aromatic heterocycles. The number of nitrogens with one attached hydrogen (secondary N) is 1. The Labute approximate surface area is 117 Å². The van der Waals surface area contributed by atoms with Crippen LogP contribution in [0.1, 0.15) is 5.56 Å². The van der Waals surface area contributed by atoms with Crippen molar-refractivity contribution >= 4 is 11.8 Å². The third kappa shape index (κ3) is 3.48. The number of hydrogen-bond acceptors (Lipinski definition) is 5. The summed E-state index contributed by atoms with van der Waals surface area (Å²) < 4.78 is 10.4. The predicted octanol–water partition coefficient (Wildman–Crippen LogP) is 0.205. The topological polar surface area (TPSA) is 67.9 Å². The van der Waals surface area contributed by atoms with E-state index in [2.05, 4.69) is 5.32 Å². The molecular formula is C14H18N2O4. The highest BCUT2D eigenvalue weighted by molar-refractivity contribution is 5.99.